The summed E-state index contributed by atoms with van der Waals surface area (Å²) >= 11 is 5.48. The summed E-state index contributed by atoms with van der Waals surface area (Å²) < 4.78 is 2.36. The fourth-order valence-electron chi connectivity index (χ4n) is 4.15. The van der Waals surface area contributed by atoms with Crippen molar-refractivity contribution in [3.63, 3.8) is 0 Å². The number of hydrogen-bond donors (Lipinski definition) is 2. The van der Waals surface area contributed by atoms with Crippen molar-refractivity contribution in [3.05, 3.63) is 46.9 Å². The highest BCUT2D eigenvalue weighted by molar-refractivity contribution is 7.71. The van der Waals surface area contributed by atoms with Crippen LogP contribution in [0.4, 0.5) is 0 Å². The highest BCUT2D eigenvalue weighted by atomic mass is 32.1. The van der Waals surface area contributed by atoms with Crippen molar-refractivity contribution < 1.29 is 14.7 Å². The van der Waals surface area contributed by atoms with Crippen LogP contribution in [0.25, 0.3) is 22.3 Å². The molecule has 0 spiro atoms. The van der Waals surface area contributed by atoms with Gasteiger partial charge in [-0.05, 0) is 18.4 Å². The van der Waals surface area contributed by atoms with Gasteiger partial charge < -0.3 is 19.6 Å². The average molecular weight is 436 g/mol. The number of aryl methyl sites for hydroxylation is 1. The number of fused-ring (bicyclic) bond motifs is 1. The summed E-state index contributed by atoms with van der Waals surface area (Å²) in [5.74, 6) is -1.23. The topological polar surface area (TPSA) is 115 Å². The number of aromatic amines is 1. The Bertz CT molecular complexity index is 1230. The van der Waals surface area contributed by atoms with E-state index in [1.54, 1.807) is 4.90 Å². The number of nitrogens with one attached hydrogen (secondary N) is 1. The summed E-state index contributed by atoms with van der Waals surface area (Å²) in [5, 5.41) is 19.0. The van der Waals surface area contributed by atoms with Gasteiger partial charge in [0.25, 0.3) is 0 Å². The van der Waals surface area contributed by atoms with Gasteiger partial charge in [0.1, 0.15) is 27.3 Å². The zero-order valence-electron chi connectivity index (χ0n) is 16.7. The number of benzene rings is 1. The van der Waals surface area contributed by atoms with Crippen LogP contribution in [0, 0.1) is 21.9 Å². The van der Waals surface area contributed by atoms with Crippen LogP contribution >= 0.6 is 12.2 Å². The van der Waals surface area contributed by atoms with Gasteiger partial charge in [0, 0.05) is 26.1 Å². The van der Waals surface area contributed by atoms with Crippen molar-refractivity contribution in [2.24, 2.45) is 5.92 Å². The Hall–Kier alpha value is -3.51. The smallest absolute Gasteiger partial charge is 0.306 e. The molecule has 0 atom stereocenters. The number of carbonyl (C=O) groups is 2. The fourth-order valence-corrected chi connectivity index (χ4v) is 4.41. The molecule has 1 amide bonds. The molecule has 1 aliphatic heterocycles. The minimum Gasteiger partial charge on any atom is -0.481 e. The Balaban J connectivity index is 1.66. The van der Waals surface area contributed by atoms with Crippen molar-refractivity contribution in [2.75, 3.05) is 13.1 Å². The third-order valence-electron chi connectivity index (χ3n) is 5.75. The number of aromatic nitrogens is 3. The van der Waals surface area contributed by atoms with Crippen LogP contribution in [0.15, 0.2) is 36.7 Å². The van der Waals surface area contributed by atoms with Gasteiger partial charge in [0.2, 0.25) is 5.91 Å². The maximum absolute atomic E-state index is 12.8. The van der Waals surface area contributed by atoms with Crippen LogP contribution in [-0.2, 0) is 16.1 Å². The molecule has 8 nitrogen and oxygen atoms in total. The van der Waals surface area contributed by atoms with Crippen LogP contribution in [0.1, 0.15) is 24.8 Å². The minimum atomic E-state index is -0.802. The SMILES string of the molecule is N#Cc1c(-c2ccccc2)n(CCC(=O)N2CCC(C(=O)O)CC2)c2c(=S)[nH]cnc12. The van der Waals surface area contributed by atoms with Crippen LogP contribution in [0.3, 0.4) is 0 Å². The van der Waals surface area contributed by atoms with E-state index in [9.17, 15) is 14.9 Å². The molecular weight excluding hydrogens is 414 g/mol. The van der Waals surface area contributed by atoms with E-state index in [0.29, 0.717) is 59.4 Å². The molecule has 31 heavy (non-hydrogen) atoms. The first kappa shape index (κ1) is 20.8. The Kier molecular flexibility index (Phi) is 5.82. The lowest BCUT2D eigenvalue weighted by Crippen LogP contribution is -2.40. The van der Waals surface area contributed by atoms with Crippen molar-refractivity contribution in [3.8, 4) is 17.3 Å². The van der Waals surface area contributed by atoms with E-state index < -0.39 is 5.97 Å². The molecule has 9 heteroatoms. The van der Waals surface area contributed by atoms with E-state index in [1.807, 2.05) is 34.9 Å². The van der Waals surface area contributed by atoms with Crippen LogP contribution in [-0.4, -0.2) is 49.5 Å². The van der Waals surface area contributed by atoms with Gasteiger partial charge in [-0.15, -0.1) is 0 Å². The molecule has 0 bridgehead atoms. The zero-order chi connectivity index (χ0) is 22.0. The number of aliphatic carboxylic acids is 1. The maximum Gasteiger partial charge on any atom is 0.306 e. The lowest BCUT2D eigenvalue weighted by Gasteiger charge is -2.30. The van der Waals surface area contributed by atoms with Crippen molar-refractivity contribution >= 4 is 35.1 Å². The van der Waals surface area contributed by atoms with E-state index in [2.05, 4.69) is 16.0 Å². The molecule has 1 fully saturated rings. The summed E-state index contributed by atoms with van der Waals surface area (Å²) in [7, 11) is 0. The normalized spacial score (nSPS) is 14.5. The highest BCUT2D eigenvalue weighted by Gasteiger charge is 2.27. The molecule has 1 saturated heterocycles. The summed E-state index contributed by atoms with van der Waals surface area (Å²) in [4.78, 5) is 33.0. The third kappa shape index (κ3) is 3.94. The summed E-state index contributed by atoms with van der Waals surface area (Å²) in [6.45, 7) is 1.22. The molecule has 0 unspecified atom stereocenters. The number of H-pyrrole nitrogens is 1. The van der Waals surface area contributed by atoms with Gasteiger partial charge in [0.15, 0.2) is 0 Å². The molecule has 4 rings (SSSR count). The van der Waals surface area contributed by atoms with Gasteiger partial charge >= 0.3 is 5.97 Å². The first-order valence-electron chi connectivity index (χ1n) is 10.1. The zero-order valence-corrected chi connectivity index (χ0v) is 17.6. The number of rotatable bonds is 5. The Labute approximate surface area is 183 Å². The van der Waals surface area contributed by atoms with Gasteiger partial charge in [-0.2, -0.15) is 5.26 Å². The number of amides is 1. The fraction of sp³-hybridized carbons (Fsp3) is 0.318. The molecule has 0 radical (unpaired) electrons. The molecule has 3 heterocycles. The van der Waals surface area contributed by atoms with Gasteiger partial charge in [-0.1, -0.05) is 42.5 Å². The predicted molar refractivity (Wildman–Crippen MR) is 117 cm³/mol. The first-order valence-corrected chi connectivity index (χ1v) is 10.5. The molecule has 0 aliphatic carbocycles. The Morgan fingerprint density at radius 3 is 2.61 bits per heavy atom. The summed E-state index contributed by atoms with van der Waals surface area (Å²) in [6.07, 6.45) is 2.63. The number of carboxylic acid groups (broad SMARTS) is 1. The number of likely N-dealkylation sites (tertiary alicyclic amines) is 1. The molecular formula is C22H21N5O3S. The van der Waals surface area contributed by atoms with E-state index in [4.69, 9.17) is 17.3 Å². The largest absolute Gasteiger partial charge is 0.481 e. The van der Waals surface area contributed by atoms with E-state index in [0.717, 1.165) is 5.56 Å². The minimum absolute atomic E-state index is 0.0398. The highest BCUT2D eigenvalue weighted by Crippen LogP contribution is 2.33. The van der Waals surface area contributed by atoms with Crippen LogP contribution in [0.5, 0.6) is 0 Å². The third-order valence-corrected chi connectivity index (χ3v) is 6.06. The van der Waals surface area contributed by atoms with Crippen molar-refractivity contribution in [1.82, 2.24) is 19.4 Å². The molecule has 2 N–H and O–H groups in total. The number of nitriles is 1. The number of carboxylic acids is 1. The number of nitrogens with zero attached hydrogens (tertiary/aromatic N) is 4. The summed E-state index contributed by atoms with van der Waals surface area (Å²) in [6, 6.07) is 11.8. The molecule has 1 aromatic carbocycles. The van der Waals surface area contributed by atoms with Gasteiger partial charge in [-0.3, -0.25) is 9.59 Å². The standard InChI is InChI=1S/C22H21N5O3S/c23-12-16-18-20(21(31)25-13-24-18)27(19(16)14-4-2-1-3-5-14)11-8-17(28)26-9-6-15(7-10-26)22(29)30/h1-5,13,15H,6-11H2,(H,29,30)(H,24,25,31). The maximum atomic E-state index is 12.8. The van der Waals surface area contributed by atoms with E-state index >= 15 is 0 Å². The Morgan fingerprint density at radius 1 is 1.26 bits per heavy atom. The Morgan fingerprint density at radius 2 is 1.97 bits per heavy atom. The molecule has 3 aromatic rings. The van der Waals surface area contributed by atoms with Crippen LogP contribution in [0.2, 0.25) is 0 Å². The van der Waals surface area contributed by atoms with Crippen molar-refractivity contribution in [1.29, 1.82) is 5.26 Å². The van der Waals surface area contributed by atoms with Crippen LogP contribution < -0.4 is 0 Å². The van der Waals surface area contributed by atoms with Crippen molar-refractivity contribution in [2.45, 2.75) is 25.8 Å². The second-order valence-corrected chi connectivity index (χ2v) is 7.93. The molecule has 0 saturated carbocycles. The van der Waals surface area contributed by atoms with E-state index in [1.165, 1.54) is 6.33 Å². The monoisotopic (exact) mass is 435 g/mol. The second kappa shape index (κ2) is 8.70. The molecule has 2 aromatic heterocycles. The first-order chi connectivity index (χ1) is 15.0. The lowest BCUT2D eigenvalue weighted by atomic mass is 9.97. The van der Waals surface area contributed by atoms with Gasteiger partial charge in [-0.25, -0.2) is 4.98 Å². The number of piperidine rings is 1. The average Bonchev–Trinajstić information content (AvgIpc) is 3.12. The number of hydrogen-bond acceptors (Lipinski definition) is 5. The molecule has 1 aliphatic rings. The summed E-state index contributed by atoms with van der Waals surface area (Å²) in [5.41, 5.74) is 3.11. The second-order valence-electron chi connectivity index (χ2n) is 7.53. The van der Waals surface area contributed by atoms with E-state index in [-0.39, 0.29) is 18.2 Å². The quantitative estimate of drug-likeness (QED) is 0.594. The van der Waals surface area contributed by atoms with Gasteiger partial charge in [0.05, 0.1) is 17.9 Å². The lowest BCUT2D eigenvalue weighted by molar-refractivity contribution is -0.145. The predicted octanol–water partition coefficient (Wildman–Crippen LogP) is 3.35. The molecule has 158 valence electrons. The number of carbonyl (C=O) groups excluding carboxylic acids is 1.